The largest absolute Gasteiger partial charge is 0.516 e. The molecule has 0 aromatic carbocycles. The van der Waals surface area contributed by atoms with Crippen LogP contribution in [0.1, 0.15) is 19.3 Å². The molecule has 0 radical (unpaired) electrons. The van der Waals surface area contributed by atoms with Gasteiger partial charge in [-0.3, -0.25) is 4.79 Å². The summed E-state index contributed by atoms with van der Waals surface area (Å²) in [5.41, 5.74) is 0. The summed E-state index contributed by atoms with van der Waals surface area (Å²) in [7, 11) is 0. The standard InChI is InChI=1S/C8H12O3/c9-4-2-1-3-6-5-7(6)8(10)11/h2,4,6-7,9H,1,3,5H2,(H,10,11). The average Bonchev–Trinajstić information content (AvgIpc) is 2.68. The first-order chi connectivity index (χ1) is 5.25. The summed E-state index contributed by atoms with van der Waals surface area (Å²) < 4.78 is 0. The van der Waals surface area contributed by atoms with Gasteiger partial charge in [0.15, 0.2) is 0 Å². The van der Waals surface area contributed by atoms with E-state index in [1.165, 1.54) is 0 Å². The second-order valence-corrected chi connectivity index (χ2v) is 2.90. The second kappa shape index (κ2) is 3.42. The second-order valence-electron chi connectivity index (χ2n) is 2.90. The van der Waals surface area contributed by atoms with E-state index in [1.807, 2.05) is 0 Å². The zero-order chi connectivity index (χ0) is 8.27. The van der Waals surface area contributed by atoms with Crippen LogP contribution in [0.5, 0.6) is 0 Å². The average molecular weight is 156 g/mol. The van der Waals surface area contributed by atoms with Gasteiger partial charge in [0.25, 0.3) is 0 Å². The highest BCUT2D eigenvalue weighted by molar-refractivity contribution is 5.73. The zero-order valence-electron chi connectivity index (χ0n) is 6.23. The Labute approximate surface area is 65.3 Å². The van der Waals surface area contributed by atoms with Crippen LogP contribution in [0.3, 0.4) is 0 Å². The number of aliphatic carboxylic acids is 1. The highest BCUT2D eigenvalue weighted by atomic mass is 16.4. The minimum Gasteiger partial charge on any atom is -0.516 e. The minimum atomic E-state index is -0.678. The smallest absolute Gasteiger partial charge is 0.306 e. The monoisotopic (exact) mass is 156 g/mol. The predicted molar refractivity (Wildman–Crippen MR) is 40.2 cm³/mol. The van der Waals surface area contributed by atoms with E-state index in [0.717, 1.165) is 25.5 Å². The molecule has 1 fully saturated rings. The Kier molecular flexibility index (Phi) is 2.52. The molecule has 0 bridgehead atoms. The molecule has 0 aliphatic heterocycles. The van der Waals surface area contributed by atoms with Crippen molar-refractivity contribution in [1.82, 2.24) is 0 Å². The number of carbonyl (C=O) groups is 1. The quantitative estimate of drug-likeness (QED) is 0.607. The van der Waals surface area contributed by atoms with Crippen LogP contribution in [-0.2, 0) is 4.79 Å². The molecule has 1 saturated carbocycles. The van der Waals surface area contributed by atoms with Gasteiger partial charge in [0.05, 0.1) is 12.2 Å². The molecule has 0 aromatic rings. The summed E-state index contributed by atoms with van der Waals surface area (Å²) in [4.78, 5) is 10.3. The number of allylic oxidation sites excluding steroid dienone is 1. The number of rotatable bonds is 4. The molecular weight excluding hydrogens is 144 g/mol. The van der Waals surface area contributed by atoms with Crippen molar-refractivity contribution >= 4 is 5.97 Å². The zero-order valence-corrected chi connectivity index (χ0v) is 6.23. The maximum absolute atomic E-state index is 10.3. The summed E-state index contributed by atoms with van der Waals surface area (Å²) in [6.45, 7) is 0. The molecular formula is C8H12O3. The van der Waals surface area contributed by atoms with E-state index in [4.69, 9.17) is 10.2 Å². The number of carboxylic acid groups (broad SMARTS) is 1. The normalized spacial score (nSPS) is 29.1. The Morgan fingerprint density at radius 2 is 2.36 bits per heavy atom. The van der Waals surface area contributed by atoms with Crippen LogP contribution < -0.4 is 0 Å². The van der Waals surface area contributed by atoms with E-state index in [0.29, 0.717) is 5.92 Å². The Balaban J connectivity index is 2.09. The highest BCUT2D eigenvalue weighted by Gasteiger charge is 2.41. The van der Waals surface area contributed by atoms with Gasteiger partial charge in [0.1, 0.15) is 0 Å². The molecule has 0 heterocycles. The van der Waals surface area contributed by atoms with Crippen LogP contribution in [0.2, 0.25) is 0 Å². The maximum Gasteiger partial charge on any atom is 0.306 e. The van der Waals surface area contributed by atoms with Crippen molar-refractivity contribution in [3.05, 3.63) is 12.3 Å². The fourth-order valence-corrected chi connectivity index (χ4v) is 1.25. The van der Waals surface area contributed by atoms with Crippen LogP contribution in [0.25, 0.3) is 0 Å². The van der Waals surface area contributed by atoms with Crippen molar-refractivity contribution in [1.29, 1.82) is 0 Å². The van der Waals surface area contributed by atoms with Crippen molar-refractivity contribution in [2.75, 3.05) is 0 Å². The molecule has 1 aliphatic carbocycles. The molecule has 11 heavy (non-hydrogen) atoms. The fourth-order valence-electron chi connectivity index (χ4n) is 1.25. The Bertz CT molecular complexity index is 174. The summed E-state index contributed by atoms with van der Waals surface area (Å²) in [5.74, 6) is -0.436. The van der Waals surface area contributed by atoms with Gasteiger partial charge in [0, 0.05) is 0 Å². The molecule has 0 amide bonds. The van der Waals surface area contributed by atoms with Crippen molar-refractivity contribution in [3.63, 3.8) is 0 Å². The van der Waals surface area contributed by atoms with Gasteiger partial charge in [-0.2, -0.15) is 0 Å². The number of hydrogen-bond acceptors (Lipinski definition) is 2. The summed E-state index contributed by atoms with van der Waals surface area (Å²) >= 11 is 0. The molecule has 3 heteroatoms. The third kappa shape index (κ3) is 2.26. The molecule has 1 aliphatic rings. The van der Waals surface area contributed by atoms with E-state index < -0.39 is 5.97 Å². The number of carboxylic acids is 1. The molecule has 0 spiro atoms. The molecule has 0 aromatic heterocycles. The van der Waals surface area contributed by atoms with Gasteiger partial charge in [0.2, 0.25) is 0 Å². The summed E-state index contributed by atoms with van der Waals surface area (Å²) in [5, 5.41) is 16.8. The first kappa shape index (κ1) is 8.11. The lowest BCUT2D eigenvalue weighted by Gasteiger charge is -1.90. The van der Waals surface area contributed by atoms with Gasteiger partial charge >= 0.3 is 5.97 Å². The first-order valence-corrected chi connectivity index (χ1v) is 3.77. The molecule has 3 nitrogen and oxygen atoms in total. The van der Waals surface area contributed by atoms with E-state index >= 15 is 0 Å². The SMILES string of the molecule is O=C(O)C1CC1CCC=CO. The number of aliphatic hydroxyl groups is 1. The third-order valence-electron chi connectivity index (χ3n) is 2.05. The van der Waals surface area contributed by atoms with Crippen LogP contribution >= 0.6 is 0 Å². The highest BCUT2D eigenvalue weighted by Crippen LogP contribution is 2.42. The third-order valence-corrected chi connectivity index (χ3v) is 2.05. The van der Waals surface area contributed by atoms with Gasteiger partial charge in [-0.05, 0) is 25.2 Å². The first-order valence-electron chi connectivity index (χ1n) is 3.77. The molecule has 1 rings (SSSR count). The van der Waals surface area contributed by atoms with Crippen LogP contribution in [0.4, 0.5) is 0 Å². The Hall–Kier alpha value is -0.990. The molecule has 62 valence electrons. The van der Waals surface area contributed by atoms with Gasteiger partial charge in [-0.25, -0.2) is 0 Å². The molecule has 2 atom stereocenters. The van der Waals surface area contributed by atoms with Gasteiger partial charge < -0.3 is 10.2 Å². The van der Waals surface area contributed by atoms with Crippen molar-refractivity contribution in [3.8, 4) is 0 Å². The molecule has 2 unspecified atom stereocenters. The Morgan fingerprint density at radius 3 is 2.82 bits per heavy atom. The number of aliphatic hydroxyl groups excluding tert-OH is 1. The van der Waals surface area contributed by atoms with Crippen LogP contribution in [0, 0.1) is 11.8 Å². The van der Waals surface area contributed by atoms with E-state index in [9.17, 15) is 4.79 Å². The minimum absolute atomic E-state index is 0.109. The number of hydrogen-bond donors (Lipinski definition) is 2. The van der Waals surface area contributed by atoms with Gasteiger partial charge in [-0.1, -0.05) is 6.08 Å². The Morgan fingerprint density at radius 1 is 1.64 bits per heavy atom. The van der Waals surface area contributed by atoms with E-state index in [2.05, 4.69) is 0 Å². The maximum atomic E-state index is 10.3. The molecule has 2 N–H and O–H groups in total. The summed E-state index contributed by atoms with van der Waals surface area (Å²) in [6.07, 6.45) is 5.14. The lowest BCUT2D eigenvalue weighted by molar-refractivity contribution is -0.138. The summed E-state index contributed by atoms with van der Waals surface area (Å²) in [6, 6.07) is 0. The topological polar surface area (TPSA) is 57.5 Å². The predicted octanol–water partition coefficient (Wildman–Crippen LogP) is 1.56. The van der Waals surface area contributed by atoms with E-state index in [1.54, 1.807) is 6.08 Å². The lowest BCUT2D eigenvalue weighted by Crippen LogP contribution is -1.98. The van der Waals surface area contributed by atoms with Crippen molar-refractivity contribution < 1.29 is 15.0 Å². The van der Waals surface area contributed by atoms with Crippen LogP contribution in [0.15, 0.2) is 12.3 Å². The van der Waals surface area contributed by atoms with Crippen LogP contribution in [-0.4, -0.2) is 16.2 Å². The van der Waals surface area contributed by atoms with Crippen molar-refractivity contribution in [2.24, 2.45) is 11.8 Å². The van der Waals surface area contributed by atoms with E-state index in [-0.39, 0.29) is 5.92 Å². The fraction of sp³-hybridized carbons (Fsp3) is 0.625. The lowest BCUT2D eigenvalue weighted by atomic mass is 10.2. The van der Waals surface area contributed by atoms with Crippen molar-refractivity contribution in [2.45, 2.75) is 19.3 Å². The molecule has 0 saturated heterocycles. The van der Waals surface area contributed by atoms with Gasteiger partial charge in [-0.15, -0.1) is 0 Å².